The minimum atomic E-state index is -1.61. The van der Waals surface area contributed by atoms with Gasteiger partial charge in [0.15, 0.2) is 0 Å². The summed E-state index contributed by atoms with van der Waals surface area (Å²) < 4.78 is 10.7. The fraction of sp³-hybridized carbons (Fsp3) is 0.273. The van der Waals surface area contributed by atoms with E-state index in [1.165, 1.54) is 0 Å². The first-order valence-corrected chi connectivity index (χ1v) is 8.98. The van der Waals surface area contributed by atoms with E-state index in [1.54, 1.807) is 6.92 Å². The Balaban J connectivity index is 1.96. The largest absolute Gasteiger partial charge is 0.502 e. The third-order valence-electron chi connectivity index (χ3n) is 4.67. The molecular formula is C22H22O5. The summed E-state index contributed by atoms with van der Waals surface area (Å²) >= 11 is 0. The molecule has 2 aromatic rings. The summed E-state index contributed by atoms with van der Waals surface area (Å²) in [5, 5.41) is 10.4. The maximum absolute atomic E-state index is 12.8. The van der Waals surface area contributed by atoms with Crippen LogP contribution in [0.25, 0.3) is 0 Å². The quantitative estimate of drug-likeness (QED) is 0.759. The highest BCUT2D eigenvalue weighted by molar-refractivity contribution is 5.98. The molecule has 0 aromatic heterocycles. The maximum atomic E-state index is 12.8. The van der Waals surface area contributed by atoms with Crippen molar-refractivity contribution in [3.05, 3.63) is 83.1 Å². The topological polar surface area (TPSA) is 72.8 Å². The van der Waals surface area contributed by atoms with Crippen molar-refractivity contribution >= 4 is 11.9 Å². The Kier molecular flexibility index (Phi) is 5.60. The van der Waals surface area contributed by atoms with Crippen molar-refractivity contribution in [2.75, 3.05) is 6.61 Å². The zero-order valence-electron chi connectivity index (χ0n) is 15.2. The van der Waals surface area contributed by atoms with E-state index >= 15 is 0 Å². The summed E-state index contributed by atoms with van der Waals surface area (Å²) in [5.41, 5.74) is 0.518. The lowest BCUT2D eigenvalue weighted by atomic mass is 9.84. The van der Waals surface area contributed by atoms with E-state index in [-0.39, 0.29) is 25.0 Å². The molecule has 0 radical (unpaired) electrons. The molecule has 0 aliphatic carbocycles. The van der Waals surface area contributed by atoms with E-state index in [2.05, 4.69) is 0 Å². The number of benzene rings is 2. The van der Waals surface area contributed by atoms with Gasteiger partial charge in [0.1, 0.15) is 0 Å². The summed E-state index contributed by atoms with van der Waals surface area (Å²) in [6.45, 7) is 1.85. The average molecular weight is 366 g/mol. The lowest BCUT2D eigenvalue weighted by Crippen LogP contribution is -2.44. The number of hydrogen-bond acceptors (Lipinski definition) is 5. The number of aliphatic hydroxyl groups excluding tert-OH is 1. The number of cyclic esters (lactones) is 1. The van der Waals surface area contributed by atoms with Crippen LogP contribution in [-0.2, 0) is 31.9 Å². The van der Waals surface area contributed by atoms with Gasteiger partial charge < -0.3 is 14.6 Å². The number of ether oxygens (including phenoxy) is 2. The monoisotopic (exact) mass is 366 g/mol. The molecule has 140 valence electrons. The average Bonchev–Trinajstić information content (AvgIpc) is 2.94. The minimum absolute atomic E-state index is 0.156. The molecule has 2 aromatic carbocycles. The van der Waals surface area contributed by atoms with Crippen LogP contribution >= 0.6 is 0 Å². The van der Waals surface area contributed by atoms with Crippen LogP contribution in [0.1, 0.15) is 24.5 Å². The standard InChI is InChI=1S/C22H22O5/c1-2-26-21(25)22(14-13-16-9-5-3-6-10-16)18(19(23)20(24)27-22)15-17-11-7-4-8-12-17/h3-12,23H,2,13-15H2,1H3. The molecule has 1 unspecified atom stereocenters. The Morgan fingerprint density at radius 2 is 1.63 bits per heavy atom. The SMILES string of the molecule is CCOC(=O)C1(CCc2ccccc2)OC(=O)C(O)=C1Cc1ccccc1. The lowest BCUT2D eigenvalue weighted by molar-refractivity contribution is -0.173. The first kappa shape index (κ1) is 18.7. The van der Waals surface area contributed by atoms with Gasteiger partial charge in [-0.1, -0.05) is 60.7 Å². The predicted molar refractivity (Wildman–Crippen MR) is 100 cm³/mol. The summed E-state index contributed by atoms with van der Waals surface area (Å²) in [7, 11) is 0. The summed E-state index contributed by atoms with van der Waals surface area (Å²) in [4.78, 5) is 25.0. The predicted octanol–water partition coefficient (Wildman–Crippen LogP) is 3.53. The molecule has 0 fully saturated rings. The number of aryl methyl sites for hydroxylation is 1. The van der Waals surface area contributed by atoms with E-state index in [4.69, 9.17) is 9.47 Å². The molecule has 0 amide bonds. The van der Waals surface area contributed by atoms with Gasteiger partial charge in [-0.15, -0.1) is 0 Å². The van der Waals surface area contributed by atoms with Crippen molar-refractivity contribution in [3.63, 3.8) is 0 Å². The van der Waals surface area contributed by atoms with Gasteiger partial charge in [0, 0.05) is 18.4 Å². The highest BCUT2D eigenvalue weighted by Crippen LogP contribution is 2.39. The molecule has 1 N–H and O–H groups in total. The van der Waals surface area contributed by atoms with Gasteiger partial charge in [-0.2, -0.15) is 0 Å². The molecule has 1 atom stereocenters. The van der Waals surface area contributed by atoms with Gasteiger partial charge >= 0.3 is 11.9 Å². The molecule has 5 heteroatoms. The van der Waals surface area contributed by atoms with Crippen molar-refractivity contribution in [1.82, 2.24) is 0 Å². The van der Waals surface area contributed by atoms with Crippen LogP contribution in [0, 0.1) is 0 Å². The number of carbonyl (C=O) groups is 2. The Morgan fingerprint density at radius 1 is 1.04 bits per heavy atom. The van der Waals surface area contributed by atoms with Crippen LogP contribution in [0.4, 0.5) is 0 Å². The summed E-state index contributed by atoms with van der Waals surface area (Å²) in [6, 6.07) is 18.9. The molecule has 27 heavy (non-hydrogen) atoms. The van der Waals surface area contributed by atoms with Crippen molar-refractivity contribution < 1.29 is 24.2 Å². The summed E-state index contributed by atoms with van der Waals surface area (Å²) in [6.07, 6.45) is 0.929. The number of aliphatic hydroxyl groups is 1. The highest BCUT2D eigenvalue weighted by Gasteiger charge is 2.54. The van der Waals surface area contributed by atoms with Gasteiger partial charge in [-0.05, 0) is 24.5 Å². The van der Waals surface area contributed by atoms with Crippen molar-refractivity contribution in [2.24, 2.45) is 0 Å². The normalized spacial score (nSPS) is 19.1. The van der Waals surface area contributed by atoms with Crippen molar-refractivity contribution in [2.45, 2.75) is 31.8 Å². The smallest absolute Gasteiger partial charge is 0.374 e. The highest BCUT2D eigenvalue weighted by atomic mass is 16.6. The zero-order valence-corrected chi connectivity index (χ0v) is 15.2. The molecular weight excluding hydrogens is 344 g/mol. The third-order valence-corrected chi connectivity index (χ3v) is 4.67. The molecule has 0 spiro atoms. The lowest BCUT2D eigenvalue weighted by Gasteiger charge is -2.28. The van der Waals surface area contributed by atoms with Crippen LogP contribution in [0.15, 0.2) is 72.0 Å². The van der Waals surface area contributed by atoms with Gasteiger partial charge in [0.25, 0.3) is 0 Å². The van der Waals surface area contributed by atoms with E-state index in [0.717, 1.165) is 11.1 Å². The first-order valence-electron chi connectivity index (χ1n) is 8.98. The zero-order chi connectivity index (χ0) is 19.3. The molecule has 0 saturated heterocycles. The number of esters is 2. The minimum Gasteiger partial charge on any atom is -0.502 e. The Labute approximate surface area is 158 Å². The van der Waals surface area contributed by atoms with Crippen molar-refractivity contribution in [3.8, 4) is 0 Å². The number of rotatable bonds is 7. The molecule has 0 saturated carbocycles. The van der Waals surface area contributed by atoms with E-state index in [1.807, 2.05) is 60.7 Å². The Morgan fingerprint density at radius 3 is 2.22 bits per heavy atom. The van der Waals surface area contributed by atoms with Gasteiger partial charge in [0.05, 0.1) is 6.61 Å². The Bertz CT molecular complexity index is 842. The molecule has 1 aliphatic rings. The second kappa shape index (κ2) is 8.08. The fourth-order valence-corrected chi connectivity index (χ4v) is 3.29. The summed E-state index contributed by atoms with van der Waals surface area (Å²) in [5.74, 6) is -2.04. The van der Waals surface area contributed by atoms with Crippen LogP contribution in [0.2, 0.25) is 0 Å². The molecule has 1 heterocycles. The van der Waals surface area contributed by atoms with E-state index < -0.39 is 23.3 Å². The van der Waals surface area contributed by atoms with Crippen LogP contribution in [-0.4, -0.2) is 29.3 Å². The van der Waals surface area contributed by atoms with Gasteiger partial charge in [0.2, 0.25) is 11.4 Å². The maximum Gasteiger partial charge on any atom is 0.374 e. The Hall–Kier alpha value is -3.08. The third kappa shape index (κ3) is 3.87. The second-order valence-corrected chi connectivity index (χ2v) is 6.41. The van der Waals surface area contributed by atoms with Crippen LogP contribution in [0.5, 0.6) is 0 Å². The van der Waals surface area contributed by atoms with Gasteiger partial charge in [-0.3, -0.25) is 0 Å². The fourth-order valence-electron chi connectivity index (χ4n) is 3.29. The van der Waals surface area contributed by atoms with Crippen LogP contribution in [0.3, 0.4) is 0 Å². The van der Waals surface area contributed by atoms with Crippen LogP contribution < -0.4 is 0 Å². The second-order valence-electron chi connectivity index (χ2n) is 6.41. The molecule has 5 nitrogen and oxygen atoms in total. The molecule has 3 rings (SSSR count). The van der Waals surface area contributed by atoms with E-state index in [0.29, 0.717) is 6.42 Å². The number of carbonyl (C=O) groups excluding carboxylic acids is 2. The molecule has 0 bridgehead atoms. The molecule has 1 aliphatic heterocycles. The number of hydrogen-bond donors (Lipinski definition) is 1. The van der Waals surface area contributed by atoms with Crippen molar-refractivity contribution in [1.29, 1.82) is 0 Å². The van der Waals surface area contributed by atoms with E-state index in [9.17, 15) is 14.7 Å². The van der Waals surface area contributed by atoms with Gasteiger partial charge in [-0.25, -0.2) is 9.59 Å². The first-order chi connectivity index (χ1) is 13.1.